The number of amides is 2. The van der Waals surface area contributed by atoms with Crippen LogP contribution in [0.15, 0.2) is 35.8 Å². The zero-order valence-electron chi connectivity index (χ0n) is 14.6. The summed E-state index contributed by atoms with van der Waals surface area (Å²) in [6.07, 6.45) is 1.65. The number of nitrogens with zero attached hydrogens (tertiary/aromatic N) is 1. The summed E-state index contributed by atoms with van der Waals surface area (Å²) in [6.45, 7) is 6.47. The van der Waals surface area contributed by atoms with E-state index < -0.39 is 6.04 Å². The standard InChI is InChI=1S/C18H23N3O3S/c1-4-24-18-13(7-5-9-19-18)11-20-17(23)15(12(2)3)21-16(22)14-8-6-10-25-14/h5-10,12,15H,4,11H2,1-3H3,(H,20,23)(H,21,22)/t15-/m1/s1. The molecular formula is C18H23N3O3S. The summed E-state index contributed by atoms with van der Waals surface area (Å²) in [5.41, 5.74) is 0.796. The van der Waals surface area contributed by atoms with Gasteiger partial charge >= 0.3 is 0 Å². The van der Waals surface area contributed by atoms with E-state index in [0.29, 0.717) is 23.9 Å². The molecule has 2 aromatic rings. The van der Waals surface area contributed by atoms with E-state index in [2.05, 4.69) is 15.6 Å². The molecule has 6 nitrogen and oxygen atoms in total. The van der Waals surface area contributed by atoms with Crippen molar-refractivity contribution in [2.45, 2.75) is 33.4 Å². The Hall–Kier alpha value is -2.41. The molecule has 0 radical (unpaired) electrons. The van der Waals surface area contributed by atoms with E-state index in [1.807, 2.05) is 38.3 Å². The maximum absolute atomic E-state index is 12.5. The number of hydrogen-bond donors (Lipinski definition) is 2. The number of aromatic nitrogens is 1. The minimum Gasteiger partial charge on any atom is -0.478 e. The first-order valence-electron chi connectivity index (χ1n) is 8.21. The number of nitrogens with one attached hydrogen (secondary N) is 2. The predicted molar refractivity (Wildman–Crippen MR) is 97.7 cm³/mol. The lowest BCUT2D eigenvalue weighted by molar-refractivity contribution is -0.124. The van der Waals surface area contributed by atoms with Gasteiger partial charge in [-0.15, -0.1) is 11.3 Å². The van der Waals surface area contributed by atoms with Crippen molar-refractivity contribution in [3.8, 4) is 5.88 Å². The molecule has 0 spiro atoms. The van der Waals surface area contributed by atoms with Crippen molar-refractivity contribution in [3.63, 3.8) is 0 Å². The van der Waals surface area contributed by atoms with Crippen molar-refractivity contribution in [1.82, 2.24) is 15.6 Å². The zero-order valence-corrected chi connectivity index (χ0v) is 15.4. The van der Waals surface area contributed by atoms with Crippen LogP contribution in [-0.2, 0) is 11.3 Å². The SMILES string of the molecule is CCOc1ncccc1CNC(=O)[C@H](NC(=O)c1cccs1)C(C)C. The molecule has 0 saturated heterocycles. The van der Waals surface area contributed by atoms with Crippen LogP contribution in [0.2, 0.25) is 0 Å². The molecule has 7 heteroatoms. The van der Waals surface area contributed by atoms with Crippen LogP contribution >= 0.6 is 11.3 Å². The maximum atomic E-state index is 12.5. The molecule has 0 bridgehead atoms. The topological polar surface area (TPSA) is 80.3 Å². The van der Waals surface area contributed by atoms with Gasteiger partial charge in [0.1, 0.15) is 6.04 Å². The van der Waals surface area contributed by atoms with Gasteiger partial charge in [0.15, 0.2) is 0 Å². The Morgan fingerprint density at radius 2 is 2.08 bits per heavy atom. The van der Waals surface area contributed by atoms with Crippen molar-refractivity contribution < 1.29 is 14.3 Å². The van der Waals surface area contributed by atoms with Crippen LogP contribution in [0.1, 0.15) is 36.0 Å². The molecule has 1 atom stereocenters. The summed E-state index contributed by atoms with van der Waals surface area (Å²) in [5, 5.41) is 7.50. The van der Waals surface area contributed by atoms with Crippen molar-refractivity contribution in [3.05, 3.63) is 46.3 Å². The van der Waals surface area contributed by atoms with Crippen molar-refractivity contribution >= 4 is 23.2 Å². The molecule has 0 aliphatic heterocycles. The molecule has 0 aromatic carbocycles. The molecule has 2 N–H and O–H groups in total. The van der Waals surface area contributed by atoms with Crippen LogP contribution in [0.25, 0.3) is 0 Å². The van der Waals surface area contributed by atoms with E-state index in [9.17, 15) is 9.59 Å². The third kappa shape index (κ3) is 5.29. The highest BCUT2D eigenvalue weighted by atomic mass is 32.1. The Kier molecular flexibility index (Phi) is 6.94. The molecule has 0 unspecified atom stereocenters. The summed E-state index contributed by atoms with van der Waals surface area (Å²) >= 11 is 1.35. The molecule has 134 valence electrons. The number of thiophene rings is 1. The minimum absolute atomic E-state index is 0.0378. The van der Waals surface area contributed by atoms with Crippen LogP contribution in [-0.4, -0.2) is 29.4 Å². The average Bonchev–Trinajstić information content (AvgIpc) is 3.13. The molecular weight excluding hydrogens is 338 g/mol. The van der Waals surface area contributed by atoms with E-state index >= 15 is 0 Å². The monoisotopic (exact) mass is 361 g/mol. The van der Waals surface area contributed by atoms with Gasteiger partial charge in [0, 0.05) is 18.3 Å². The lowest BCUT2D eigenvalue weighted by Gasteiger charge is -2.21. The molecule has 2 rings (SSSR count). The number of carbonyl (C=O) groups is 2. The van der Waals surface area contributed by atoms with Crippen LogP contribution in [0.5, 0.6) is 5.88 Å². The lowest BCUT2D eigenvalue weighted by Crippen LogP contribution is -2.49. The van der Waals surface area contributed by atoms with Crippen molar-refractivity contribution in [2.75, 3.05) is 6.61 Å². The highest BCUT2D eigenvalue weighted by molar-refractivity contribution is 7.12. The van der Waals surface area contributed by atoms with Gasteiger partial charge in [0.25, 0.3) is 5.91 Å². The fourth-order valence-electron chi connectivity index (χ4n) is 2.27. The Bertz CT molecular complexity index is 701. The first-order chi connectivity index (χ1) is 12.0. The normalized spacial score (nSPS) is 11.8. The number of rotatable bonds is 8. The first-order valence-corrected chi connectivity index (χ1v) is 9.09. The van der Waals surface area contributed by atoms with Gasteiger partial charge in [-0.3, -0.25) is 9.59 Å². The molecule has 25 heavy (non-hydrogen) atoms. The molecule has 0 saturated carbocycles. The molecule has 0 fully saturated rings. The van der Waals surface area contributed by atoms with Gasteiger partial charge in [-0.25, -0.2) is 4.98 Å². The largest absolute Gasteiger partial charge is 0.478 e. The number of carbonyl (C=O) groups excluding carboxylic acids is 2. The van der Waals surface area contributed by atoms with Gasteiger partial charge < -0.3 is 15.4 Å². The highest BCUT2D eigenvalue weighted by Crippen LogP contribution is 2.14. The van der Waals surface area contributed by atoms with Crippen LogP contribution < -0.4 is 15.4 Å². The number of ether oxygens (including phenoxy) is 1. The summed E-state index contributed by atoms with van der Waals surface area (Å²) in [7, 11) is 0. The molecule has 0 aliphatic carbocycles. The van der Waals surface area contributed by atoms with Crippen LogP contribution in [0.4, 0.5) is 0 Å². The third-order valence-corrected chi connectivity index (χ3v) is 4.43. The Balaban J connectivity index is 2.00. The lowest BCUT2D eigenvalue weighted by atomic mass is 10.0. The summed E-state index contributed by atoms with van der Waals surface area (Å²) < 4.78 is 5.46. The Morgan fingerprint density at radius 1 is 1.28 bits per heavy atom. The summed E-state index contributed by atoms with van der Waals surface area (Å²) in [6, 6.07) is 6.58. The quantitative estimate of drug-likeness (QED) is 0.757. The Labute approximate surface area is 151 Å². The smallest absolute Gasteiger partial charge is 0.262 e. The molecule has 2 aromatic heterocycles. The molecule has 2 heterocycles. The third-order valence-electron chi connectivity index (χ3n) is 3.56. The van der Waals surface area contributed by atoms with Crippen molar-refractivity contribution in [2.24, 2.45) is 5.92 Å². The van der Waals surface area contributed by atoms with E-state index in [4.69, 9.17) is 4.74 Å². The van der Waals surface area contributed by atoms with Gasteiger partial charge in [0.2, 0.25) is 11.8 Å². The van der Waals surface area contributed by atoms with Crippen LogP contribution in [0.3, 0.4) is 0 Å². The van der Waals surface area contributed by atoms with E-state index in [0.717, 1.165) is 5.56 Å². The van der Waals surface area contributed by atoms with Gasteiger partial charge in [0.05, 0.1) is 11.5 Å². The molecule has 0 aliphatic rings. The Morgan fingerprint density at radius 3 is 2.72 bits per heavy atom. The van der Waals surface area contributed by atoms with E-state index in [1.54, 1.807) is 18.3 Å². The number of hydrogen-bond acceptors (Lipinski definition) is 5. The summed E-state index contributed by atoms with van der Waals surface area (Å²) in [4.78, 5) is 29.5. The van der Waals surface area contributed by atoms with Gasteiger partial charge in [-0.1, -0.05) is 26.0 Å². The first kappa shape index (κ1) is 18.9. The van der Waals surface area contributed by atoms with Crippen LogP contribution in [0, 0.1) is 5.92 Å². The zero-order chi connectivity index (χ0) is 18.2. The second-order valence-electron chi connectivity index (χ2n) is 5.79. The van der Waals surface area contributed by atoms with E-state index in [-0.39, 0.29) is 17.7 Å². The second kappa shape index (κ2) is 9.17. The second-order valence-corrected chi connectivity index (χ2v) is 6.74. The summed E-state index contributed by atoms with van der Waals surface area (Å²) in [5.74, 6) is 0.00429. The molecule has 2 amide bonds. The predicted octanol–water partition coefficient (Wildman–Crippen LogP) is 2.61. The maximum Gasteiger partial charge on any atom is 0.262 e. The van der Waals surface area contributed by atoms with Gasteiger partial charge in [-0.05, 0) is 30.4 Å². The minimum atomic E-state index is -0.609. The average molecular weight is 361 g/mol. The van der Waals surface area contributed by atoms with Crippen molar-refractivity contribution in [1.29, 1.82) is 0 Å². The van der Waals surface area contributed by atoms with Gasteiger partial charge in [-0.2, -0.15) is 0 Å². The van der Waals surface area contributed by atoms with E-state index in [1.165, 1.54) is 11.3 Å². The fraction of sp³-hybridized carbons (Fsp3) is 0.389. The number of pyridine rings is 1. The fourth-order valence-corrected chi connectivity index (χ4v) is 2.90. The highest BCUT2D eigenvalue weighted by Gasteiger charge is 2.25.